The van der Waals surface area contributed by atoms with Gasteiger partial charge < -0.3 is 5.11 Å². The first kappa shape index (κ1) is 11.9. The fraction of sp³-hybridized carbons (Fsp3) is 0.100. The monoisotopic (exact) mass is 270 g/mol. The number of phenolic OH excluding ortho intramolecular Hbond substituents is 1. The zero-order valence-electron chi connectivity index (χ0n) is 8.91. The Kier molecular flexibility index (Phi) is 3.03. The molecule has 2 rings (SSSR count). The number of sulfonamides is 1. The number of anilines is 1. The maximum Gasteiger partial charge on any atom is 0.263 e. The third kappa shape index (κ3) is 2.75. The van der Waals surface area contributed by atoms with Crippen molar-refractivity contribution in [1.82, 2.24) is 4.98 Å². The van der Waals surface area contributed by atoms with Crippen LogP contribution in [0.3, 0.4) is 0 Å². The van der Waals surface area contributed by atoms with Crippen LogP contribution in [0, 0.1) is 6.92 Å². The Balaban J connectivity index is 2.31. The van der Waals surface area contributed by atoms with Gasteiger partial charge in [0.2, 0.25) is 0 Å². The van der Waals surface area contributed by atoms with Gasteiger partial charge in [-0.25, -0.2) is 13.4 Å². The maximum absolute atomic E-state index is 11.9. The van der Waals surface area contributed by atoms with Crippen LogP contribution in [0.1, 0.15) is 5.69 Å². The summed E-state index contributed by atoms with van der Waals surface area (Å²) >= 11 is 1.21. The molecule has 5 nitrogen and oxygen atoms in total. The van der Waals surface area contributed by atoms with Crippen LogP contribution in [0.15, 0.2) is 34.5 Å². The first-order valence-electron chi connectivity index (χ1n) is 4.71. The van der Waals surface area contributed by atoms with E-state index in [1.54, 1.807) is 12.3 Å². The van der Waals surface area contributed by atoms with Gasteiger partial charge >= 0.3 is 0 Å². The quantitative estimate of drug-likeness (QED) is 0.893. The summed E-state index contributed by atoms with van der Waals surface area (Å²) in [6, 6.07) is 5.47. The summed E-state index contributed by atoms with van der Waals surface area (Å²) in [5, 5.41) is 11.3. The molecule has 0 atom stereocenters. The normalized spacial score (nSPS) is 11.4. The summed E-state index contributed by atoms with van der Waals surface area (Å²) < 4.78 is 26.2. The number of aromatic hydroxyl groups is 1. The van der Waals surface area contributed by atoms with Crippen LogP contribution in [0.4, 0.5) is 5.13 Å². The largest absolute Gasteiger partial charge is 0.508 e. The number of nitrogens with one attached hydrogen (secondary N) is 1. The lowest BCUT2D eigenvalue weighted by atomic mass is 10.3. The van der Waals surface area contributed by atoms with E-state index in [4.69, 9.17) is 0 Å². The zero-order valence-corrected chi connectivity index (χ0v) is 10.5. The molecule has 2 N–H and O–H groups in total. The van der Waals surface area contributed by atoms with Crippen molar-refractivity contribution in [1.29, 1.82) is 0 Å². The topological polar surface area (TPSA) is 79.3 Å². The number of phenols is 1. The molecule has 0 aliphatic carbocycles. The molecule has 1 aromatic carbocycles. The molecule has 0 spiro atoms. The third-order valence-electron chi connectivity index (χ3n) is 1.97. The molecule has 0 saturated heterocycles. The third-order valence-corrected chi connectivity index (χ3v) is 4.31. The van der Waals surface area contributed by atoms with Crippen LogP contribution in [0.25, 0.3) is 0 Å². The summed E-state index contributed by atoms with van der Waals surface area (Å²) in [6.07, 6.45) is 0. The molecule has 90 valence electrons. The minimum absolute atomic E-state index is 0.00496. The highest BCUT2D eigenvalue weighted by molar-refractivity contribution is 7.93. The van der Waals surface area contributed by atoms with Gasteiger partial charge in [0.15, 0.2) is 5.13 Å². The smallest absolute Gasteiger partial charge is 0.263 e. The first-order chi connectivity index (χ1) is 7.97. The summed E-state index contributed by atoms with van der Waals surface area (Å²) in [5.41, 5.74) is 0.753. The van der Waals surface area contributed by atoms with Gasteiger partial charge in [0.05, 0.1) is 10.6 Å². The molecule has 0 unspecified atom stereocenters. The number of hydrogen-bond donors (Lipinski definition) is 2. The summed E-state index contributed by atoms with van der Waals surface area (Å²) in [6.45, 7) is 1.78. The lowest BCUT2D eigenvalue weighted by Gasteiger charge is -2.04. The molecule has 1 aromatic heterocycles. The van der Waals surface area contributed by atoms with Gasteiger partial charge in [-0.15, -0.1) is 11.3 Å². The second kappa shape index (κ2) is 4.34. The number of benzene rings is 1. The highest BCUT2D eigenvalue weighted by Gasteiger charge is 2.16. The van der Waals surface area contributed by atoms with Crippen LogP contribution in [-0.4, -0.2) is 18.5 Å². The van der Waals surface area contributed by atoms with Crippen molar-refractivity contribution < 1.29 is 13.5 Å². The molecule has 0 aliphatic rings. The molecule has 0 bridgehead atoms. The van der Waals surface area contributed by atoms with E-state index in [9.17, 15) is 13.5 Å². The van der Waals surface area contributed by atoms with E-state index in [-0.39, 0.29) is 10.6 Å². The first-order valence-corrected chi connectivity index (χ1v) is 7.08. The van der Waals surface area contributed by atoms with E-state index < -0.39 is 10.0 Å². The van der Waals surface area contributed by atoms with E-state index >= 15 is 0 Å². The molecule has 0 saturated carbocycles. The van der Waals surface area contributed by atoms with Gasteiger partial charge in [-0.05, 0) is 19.1 Å². The number of thiazole rings is 1. The van der Waals surface area contributed by atoms with Gasteiger partial charge in [-0.2, -0.15) is 0 Å². The average Bonchev–Trinajstić information content (AvgIpc) is 2.63. The zero-order chi connectivity index (χ0) is 12.5. The molecule has 2 aromatic rings. The van der Waals surface area contributed by atoms with Crippen molar-refractivity contribution in [3.05, 3.63) is 35.3 Å². The lowest BCUT2D eigenvalue weighted by Crippen LogP contribution is -2.12. The van der Waals surface area contributed by atoms with Crippen molar-refractivity contribution in [2.75, 3.05) is 4.72 Å². The van der Waals surface area contributed by atoms with Crippen LogP contribution in [0.2, 0.25) is 0 Å². The second-order valence-corrected chi connectivity index (χ2v) is 5.94. The molecule has 17 heavy (non-hydrogen) atoms. The molecule has 0 fully saturated rings. The van der Waals surface area contributed by atoms with Crippen molar-refractivity contribution in [2.24, 2.45) is 0 Å². The Morgan fingerprint density at radius 1 is 1.41 bits per heavy atom. The molecular formula is C10H10N2O3S2. The van der Waals surface area contributed by atoms with Gasteiger partial charge in [0.25, 0.3) is 10.0 Å². The number of hydrogen-bond acceptors (Lipinski definition) is 5. The predicted molar refractivity (Wildman–Crippen MR) is 65.8 cm³/mol. The van der Waals surface area contributed by atoms with E-state index in [1.807, 2.05) is 0 Å². The highest BCUT2D eigenvalue weighted by Crippen LogP contribution is 2.21. The molecule has 0 radical (unpaired) electrons. The number of rotatable bonds is 3. The molecule has 0 aliphatic heterocycles. The van der Waals surface area contributed by atoms with Crippen LogP contribution >= 0.6 is 11.3 Å². The average molecular weight is 270 g/mol. The second-order valence-electron chi connectivity index (χ2n) is 3.40. The Morgan fingerprint density at radius 3 is 2.76 bits per heavy atom. The van der Waals surface area contributed by atoms with Crippen LogP contribution < -0.4 is 4.72 Å². The summed E-state index contributed by atoms with van der Waals surface area (Å²) in [4.78, 5) is 4.01. The Bertz CT molecular complexity index is 635. The van der Waals surface area contributed by atoms with E-state index in [1.165, 1.54) is 35.6 Å². The van der Waals surface area contributed by atoms with Gasteiger partial charge in [-0.3, -0.25) is 4.72 Å². The fourth-order valence-corrected chi connectivity index (χ4v) is 3.21. The minimum Gasteiger partial charge on any atom is -0.508 e. The molecule has 7 heteroatoms. The fourth-order valence-electron chi connectivity index (χ4n) is 1.23. The van der Waals surface area contributed by atoms with E-state index in [0.717, 1.165) is 5.69 Å². The van der Waals surface area contributed by atoms with Crippen molar-refractivity contribution in [3.8, 4) is 5.75 Å². The summed E-state index contributed by atoms with van der Waals surface area (Å²) in [7, 11) is -3.68. The lowest BCUT2D eigenvalue weighted by molar-refractivity contribution is 0.473. The van der Waals surface area contributed by atoms with Crippen LogP contribution in [0.5, 0.6) is 5.75 Å². The molecule has 1 heterocycles. The number of aryl methyl sites for hydroxylation is 1. The Morgan fingerprint density at radius 2 is 2.18 bits per heavy atom. The number of nitrogens with zero attached hydrogens (tertiary/aromatic N) is 1. The van der Waals surface area contributed by atoms with Crippen LogP contribution in [-0.2, 0) is 10.0 Å². The van der Waals surface area contributed by atoms with E-state index in [2.05, 4.69) is 9.71 Å². The van der Waals surface area contributed by atoms with Gasteiger partial charge in [0, 0.05) is 11.4 Å². The van der Waals surface area contributed by atoms with Crippen molar-refractivity contribution in [2.45, 2.75) is 11.8 Å². The Labute approximate surface area is 103 Å². The summed E-state index contributed by atoms with van der Waals surface area (Å²) in [5.74, 6) is -0.0943. The SMILES string of the molecule is Cc1csc(NS(=O)(=O)c2cccc(O)c2)n1. The number of aromatic nitrogens is 1. The van der Waals surface area contributed by atoms with Crippen molar-refractivity contribution in [3.63, 3.8) is 0 Å². The molecule has 0 amide bonds. The Hall–Kier alpha value is -1.60. The highest BCUT2D eigenvalue weighted by atomic mass is 32.2. The van der Waals surface area contributed by atoms with Crippen molar-refractivity contribution >= 4 is 26.5 Å². The molecular weight excluding hydrogens is 260 g/mol. The standard InChI is InChI=1S/C10H10N2O3S2/c1-7-6-16-10(11-7)12-17(14,15)9-4-2-3-8(13)5-9/h2-6,13H,1H3,(H,11,12). The maximum atomic E-state index is 11.9. The minimum atomic E-state index is -3.68. The van der Waals surface area contributed by atoms with Gasteiger partial charge in [0.1, 0.15) is 5.75 Å². The van der Waals surface area contributed by atoms with Gasteiger partial charge in [-0.1, -0.05) is 6.07 Å². The van der Waals surface area contributed by atoms with E-state index in [0.29, 0.717) is 5.13 Å². The predicted octanol–water partition coefficient (Wildman–Crippen LogP) is 1.96.